The summed E-state index contributed by atoms with van der Waals surface area (Å²) in [5, 5.41) is 4.95. The molecule has 0 bridgehead atoms. The van der Waals surface area contributed by atoms with Crippen molar-refractivity contribution in [3.63, 3.8) is 0 Å². The summed E-state index contributed by atoms with van der Waals surface area (Å²) in [7, 11) is 5.49. The molecule has 0 aliphatic heterocycles. The van der Waals surface area contributed by atoms with E-state index in [4.69, 9.17) is 14.2 Å². The van der Waals surface area contributed by atoms with E-state index in [1.165, 1.54) is 5.69 Å². The first-order chi connectivity index (χ1) is 16.3. The standard InChI is InChI=1S/C26H29N5O3/c1-8-18-9-17(13-29(18)5)15(3)31-22-12-27-21-10-20(24-14(2)28-34-16(24)4)23(33-7)11-19(21)25(22)30(6)26(31)32/h9-13,15H,8H2,1-7H3. The van der Waals surface area contributed by atoms with E-state index in [2.05, 4.69) is 35.8 Å². The number of imidazole rings is 1. The SMILES string of the molecule is CCc1cc(C(C)n2c(=O)n(C)c3c4cc(OC)c(-c5c(C)noc5C)cc4ncc32)cn1C. The number of aromatic nitrogens is 5. The summed E-state index contributed by atoms with van der Waals surface area (Å²) >= 11 is 0. The molecule has 1 aromatic carbocycles. The van der Waals surface area contributed by atoms with Gasteiger partial charge in [-0.2, -0.15) is 0 Å². The summed E-state index contributed by atoms with van der Waals surface area (Å²) in [5.41, 5.74) is 7.21. The normalized spacial score (nSPS) is 12.7. The summed E-state index contributed by atoms with van der Waals surface area (Å²) in [6.07, 6.45) is 4.83. The molecular weight excluding hydrogens is 430 g/mol. The third kappa shape index (κ3) is 3.09. The van der Waals surface area contributed by atoms with Crippen molar-refractivity contribution in [1.82, 2.24) is 23.8 Å². The summed E-state index contributed by atoms with van der Waals surface area (Å²) in [6.45, 7) is 7.98. The molecule has 0 radical (unpaired) electrons. The van der Waals surface area contributed by atoms with E-state index >= 15 is 0 Å². The minimum absolute atomic E-state index is 0.0764. The molecule has 0 spiro atoms. The number of ether oxygens (including phenoxy) is 1. The van der Waals surface area contributed by atoms with Crippen LogP contribution in [0.1, 0.15) is 42.6 Å². The van der Waals surface area contributed by atoms with Gasteiger partial charge in [-0.1, -0.05) is 12.1 Å². The van der Waals surface area contributed by atoms with Gasteiger partial charge in [0.15, 0.2) is 0 Å². The molecule has 1 atom stereocenters. The van der Waals surface area contributed by atoms with Crippen molar-refractivity contribution >= 4 is 21.9 Å². The van der Waals surface area contributed by atoms with Crippen LogP contribution in [0.2, 0.25) is 0 Å². The molecular formula is C26H29N5O3. The molecule has 8 heteroatoms. The molecule has 0 fully saturated rings. The molecule has 0 saturated carbocycles. The van der Waals surface area contributed by atoms with Crippen LogP contribution < -0.4 is 10.4 Å². The molecule has 0 aliphatic rings. The largest absolute Gasteiger partial charge is 0.496 e. The second kappa shape index (κ2) is 7.90. The van der Waals surface area contributed by atoms with Crippen LogP contribution in [0.25, 0.3) is 33.1 Å². The Morgan fingerprint density at radius 1 is 1.18 bits per heavy atom. The maximum Gasteiger partial charge on any atom is 0.329 e. The Kier molecular flexibility index (Phi) is 5.11. The molecule has 0 N–H and O–H groups in total. The van der Waals surface area contributed by atoms with Crippen molar-refractivity contribution in [2.24, 2.45) is 14.1 Å². The van der Waals surface area contributed by atoms with Gasteiger partial charge in [0.1, 0.15) is 11.5 Å². The molecule has 0 amide bonds. The van der Waals surface area contributed by atoms with Crippen LogP contribution >= 0.6 is 0 Å². The lowest BCUT2D eigenvalue weighted by Gasteiger charge is -2.13. The first-order valence-electron chi connectivity index (χ1n) is 11.4. The lowest BCUT2D eigenvalue weighted by molar-refractivity contribution is 0.393. The molecule has 1 unspecified atom stereocenters. The fourth-order valence-corrected chi connectivity index (χ4v) is 5.06. The van der Waals surface area contributed by atoms with Crippen LogP contribution in [0.5, 0.6) is 5.75 Å². The van der Waals surface area contributed by atoms with Crippen molar-refractivity contribution in [2.75, 3.05) is 7.11 Å². The lowest BCUT2D eigenvalue weighted by Crippen LogP contribution is -2.25. The van der Waals surface area contributed by atoms with Gasteiger partial charge in [-0.05, 0) is 51.0 Å². The highest BCUT2D eigenvalue weighted by molar-refractivity contribution is 6.05. The minimum atomic E-state index is -0.134. The van der Waals surface area contributed by atoms with Gasteiger partial charge in [-0.15, -0.1) is 0 Å². The topological polar surface area (TPSA) is 80.0 Å². The van der Waals surface area contributed by atoms with Crippen LogP contribution in [0.4, 0.5) is 0 Å². The molecule has 0 aliphatic carbocycles. The van der Waals surface area contributed by atoms with E-state index < -0.39 is 0 Å². The molecule has 8 nitrogen and oxygen atoms in total. The fraction of sp³-hybridized carbons (Fsp3) is 0.346. The predicted molar refractivity (Wildman–Crippen MR) is 133 cm³/mol. The van der Waals surface area contributed by atoms with E-state index in [0.717, 1.165) is 56.5 Å². The molecule has 4 heterocycles. The molecule has 4 aromatic heterocycles. The fourth-order valence-electron chi connectivity index (χ4n) is 5.06. The van der Waals surface area contributed by atoms with Crippen LogP contribution in [0.15, 0.2) is 39.9 Å². The van der Waals surface area contributed by atoms with E-state index in [0.29, 0.717) is 5.75 Å². The monoisotopic (exact) mass is 459 g/mol. The number of benzene rings is 1. The van der Waals surface area contributed by atoms with Crippen LogP contribution in [0.3, 0.4) is 0 Å². The van der Waals surface area contributed by atoms with Crippen molar-refractivity contribution in [3.05, 3.63) is 63.8 Å². The van der Waals surface area contributed by atoms with E-state index in [9.17, 15) is 4.79 Å². The van der Waals surface area contributed by atoms with Gasteiger partial charge in [0.05, 0.1) is 47.2 Å². The van der Waals surface area contributed by atoms with Crippen LogP contribution in [0, 0.1) is 13.8 Å². The van der Waals surface area contributed by atoms with E-state index in [-0.39, 0.29) is 11.7 Å². The Morgan fingerprint density at radius 3 is 2.56 bits per heavy atom. The summed E-state index contributed by atoms with van der Waals surface area (Å²) in [4.78, 5) is 18.2. The Labute approximate surface area is 197 Å². The van der Waals surface area contributed by atoms with Crippen LogP contribution in [-0.2, 0) is 20.5 Å². The first kappa shape index (κ1) is 22.0. The first-order valence-corrected chi connectivity index (χ1v) is 11.4. The Hall–Kier alpha value is -3.81. The van der Waals surface area contributed by atoms with E-state index in [1.54, 1.807) is 17.9 Å². The molecule has 0 saturated heterocycles. The third-order valence-electron chi connectivity index (χ3n) is 6.89. The highest BCUT2D eigenvalue weighted by Gasteiger charge is 2.23. The zero-order chi connectivity index (χ0) is 24.3. The van der Waals surface area contributed by atoms with Gasteiger partial charge < -0.3 is 13.8 Å². The Balaban J connectivity index is 1.76. The van der Waals surface area contributed by atoms with Crippen molar-refractivity contribution in [2.45, 2.75) is 40.2 Å². The molecule has 5 aromatic rings. The average molecular weight is 460 g/mol. The smallest absolute Gasteiger partial charge is 0.329 e. The second-order valence-corrected chi connectivity index (χ2v) is 8.88. The average Bonchev–Trinajstić information content (AvgIpc) is 3.45. The number of nitrogens with zero attached hydrogens (tertiary/aromatic N) is 5. The van der Waals surface area contributed by atoms with Gasteiger partial charge >= 0.3 is 5.69 Å². The summed E-state index contributed by atoms with van der Waals surface area (Å²) in [5.74, 6) is 1.40. The minimum Gasteiger partial charge on any atom is -0.496 e. The van der Waals surface area contributed by atoms with Gasteiger partial charge in [-0.25, -0.2) is 4.79 Å². The summed E-state index contributed by atoms with van der Waals surface area (Å²) in [6, 6.07) is 5.97. The zero-order valence-corrected chi connectivity index (χ0v) is 20.6. The number of hydrogen-bond donors (Lipinski definition) is 0. The van der Waals surface area contributed by atoms with E-state index in [1.807, 2.05) is 44.6 Å². The highest BCUT2D eigenvalue weighted by Crippen LogP contribution is 2.39. The maximum atomic E-state index is 13.4. The number of fused-ring (bicyclic) bond motifs is 3. The zero-order valence-electron chi connectivity index (χ0n) is 20.6. The highest BCUT2D eigenvalue weighted by atomic mass is 16.5. The van der Waals surface area contributed by atoms with Crippen molar-refractivity contribution in [1.29, 1.82) is 0 Å². The van der Waals surface area contributed by atoms with Crippen molar-refractivity contribution in [3.8, 4) is 16.9 Å². The van der Waals surface area contributed by atoms with Gasteiger partial charge in [-0.3, -0.25) is 14.1 Å². The lowest BCUT2D eigenvalue weighted by atomic mass is 10.0. The van der Waals surface area contributed by atoms with Crippen molar-refractivity contribution < 1.29 is 9.26 Å². The number of pyridine rings is 1. The van der Waals surface area contributed by atoms with Gasteiger partial charge in [0.2, 0.25) is 0 Å². The predicted octanol–water partition coefficient (Wildman–Crippen LogP) is 4.68. The number of methoxy groups -OCH3 is 1. The Morgan fingerprint density at radius 2 is 1.94 bits per heavy atom. The second-order valence-electron chi connectivity index (χ2n) is 8.88. The van der Waals surface area contributed by atoms with Crippen LogP contribution in [-0.4, -0.2) is 31.0 Å². The Bertz CT molecular complexity index is 1600. The maximum absolute atomic E-state index is 13.4. The molecule has 176 valence electrons. The van der Waals surface area contributed by atoms with Gasteiger partial charge in [0, 0.05) is 36.9 Å². The third-order valence-corrected chi connectivity index (χ3v) is 6.89. The number of hydrogen-bond acceptors (Lipinski definition) is 5. The quantitative estimate of drug-likeness (QED) is 0.381. The van der Waals surface area contributed by atoms with Gasteiger partial charge in [0.25, 0.3) is 0 Å². The number of rotatable bonds is 5. The number of aryl methyl sites for hydroxylation is 5. The molecule has 5 rings (SSSR count). The molecule has 34 heavy (non-hydrogen) atoms. The summed E-state index contributed by atoms with van der Waals surface area (Å²) < 4.78 is 16.8.